The Balaban J connectivity index is 1.66. The summed E-state index contributed by atoms with van der Waals surface area (Å²) < 4.78 is 46.1. The summed E-state index contributed by atoms with van der Waals surface area (Å²) in [6, 6.07) is 15.5. The first-order valence-electron chi connectivity index (χ1n) is 8.76. The summed E-state index contributed by atoms with van der Waals surface area (Å²) in [6.45, 7) is -0.00346. The van der Waals surface area contributed by atoms with Crippen LogP contribution in [0.5, 0.6) is 5.75 Å². The molecule has 8 heteroatoms. The van der Waals surface area contributed by atoms with Gasteiger partial charge in [-0.05, 0) is 36.1 Å². The van der Waals surface area contributed by atoms with Crippen molar-refractivity contribution >= 4 is 17.7 Å². The topological polar surface area (TPSA) is 47.6 Å². The first-order valence-corrected chi connectivity index (χ1v) is 9.14. The number of hydrogen-bond donors (Lipinski definition) is 1. The number of halogens is 4. The standard InChI is InChI=1S/C20H21ClF3NO3/c21-17-14-16(13-15-5-2-1-3-6-15)7-8-18(17)27-12-10-25-19(26)28-11-4-9-20(22,23)24/h1-3,5-8,14H,4,9-13H2,(H,25,26). The number of alkyl halides is 3. The molecular weight excluding hydrogens is 395 g/mol. The van der Waals surface area contributed by atoms with E-state index in [0.717, 1.165) is 12.0 Å². The average molecular weight is 416 g/mol. The minimum atomic E-state index is -4.25. The molecule has 0 aliphatic carbocycles. The molecule has 0 atom stereocenters. The molecule has 0 spiro atoms. The van der Waals surface area contributed by atoms with Gasteiger partial charge in [0.15, 0.2) is 0 Å². The van der Waals surface area contributed by atoms with Crippen LogP contribution in [0.15, 0.2) is 48.5 Å². The minimum absolute atomic E-state index is 0.139. The monoisotopic (exact) mass is 415 g/mol. The molecule has 152 valence electrons. The average Bonchev–Trinajstić information content (AvgIpc) is 2.64. The fourth-order valence-corrected chi connectivity index (χ4v) is 2.66. The molecular formula is C20H21ClF3NO3. The van der Waals surface area contributed by atoms with E-state index in [4.69, 9.17) is 16.3 Å². The van der Waals surface area contributed by atoms with E-state index in [1.54, 1.807) is 6.07 Å². The highest BCUT2D eigenvalue weighted by atomic mass is 35.5. The first kappa shape index (κ1) is 21.9. The van der Waals surface area contributed by atoms with E-state index in [2.05, 4.69) is 10.1 Å². The molecule has 0 aliphatic rings. The maximum Gasteiger partial charge on any atom is 0.407 e. The van der Waals surface area contributed by atoms with E-state index in [1.165, 1.54) is 5.56 Å². The predicted octanol–water partition coefficient (Wildman–Crippen LogP) is 5.38. The first-order chi connectivity index (χ1) is 13.3. The number of carbonyl (C=O) groups is 1. The molecule has 0 aromatic heterocycles. The van der Waals surface area contributed by atoms with Gasteiger partial charge in [-0.15, -0.1) is 0 Å². The molecule has 0 saturated heterocycles. The highest BCUT2D eigenvalue weighted by Gasteiger charge is 2.26. The van der Waals surface area contributed by atoms with Crippen LogP contribution in [0.3, 0.4) is 0 Å². The number of ether oxygens (including phenoxy) is 2. The van der Waals surface area contributed by atoms with Crippen LogP contribution >= 0.6 is 11.6 Å². The van der Waals surface area contributed by atoms with Gasteiger partial charge in [-0.25, -0.2) is 4.79 Å². The molecule has 0 radical (unpaired) electrons. The van der Waals surface area contributed by atoms with Crippen LogP contribution in [0.2, 0.25) is 5.02 Å². The fourth-order valence-electron chi connectivity index (χ4n) is 2.41. The van der Waals surface area contributed by atoms with E-state index in [0.29, 0.717) is 10.8 Å². The van der Waals surface area contributed by atoms with Gasteiger partial charge in [0.05, 0.1) is 18.2 Å². The summed E-state index contributed by atoms with van der Waals surface area (Å²) in [6.07, 6.45) is -5.53. The van der Waals surface area contributed by atoms with Crippen LogP contribution in [0, 0.1) is 0 Å². The van der Waals surface area contributed by atoms with Gasteiger partial charge in [-0.3, -0.25) is 0 Å². The van der Waals surface area contributed by atoms with Gasteiger partial charge in [0.1, 0.15) is 12.4 Å². The quantitative estimate of drug-likeness (QED) is 0.559. The molecule has 2 aromatic carbocycles. The number of hydrogen-bond acceptors (Lipinski definition) is 3. The Hall–Kier alpha value is -2.41. The molecule has 0 fully saturated rings. The van der Waals surface area contributed by atoms with Crippen molar-refractivity contribution in [2.24, 2.45) is 0 Å². The maximum atomic E-state index is 12.0. The summed E-state index contributed by atoms with van der Waals surface area (Å²) in [5.41, 5.74) is 2.22. The molecule has 1 N–H and O–H groups in total. The lowest BCUT2D eigenvalue weighted by atomic mass is 10.1. The Kier molecular flexibility index (Phi) is 8.44. The predicted molar refractivity (Wildman–Crippen MR) is 101 cm³/mol. The molecule has 0 saturated carbocycles. The Morgan fingerprint density at radius 3 is 2.46 bits per heavy atom. The smallest absolute Gasteiger partial charge is 0.407 e. The molecule has 28 heavy (non-hydrogen) atoms. The molecule has 0 aliphatic heterocycles. The van der Waals surface area contributed by atoms with E-state index in [-0.39, 0.29) is 26.2 Å². The normalized spacial score (nSPS) is 11.1. The van der Waals surface area contributed by atoms with Gasteiger partial charge in [0.25, 0.3) is 0 Å². The van der Waals surface area contributed by atoms with Gasteiger partial charge in [-0.2, -0.15) is 13.2 Å². The Morgan fingerprint density at radius 2 is 1.79 bits per heavy atom. The summed E-state index contributed by atoms with van der Waals surface area (Å²) >= 11 is 6.23. The Morgan fingerprint density at radius 1 is 1.04 bits per heavy atom. The summed E-state index contributed by atoms with van der Waals surface area (Å²) in [7, 11) is 0. The zero-order valence-corrected chi connectivity index (χ0v) is 15.9. The van der Waals surface area contributed by atoms with Crippen LogP contribution in [0.1, 0.15) is 24.0 Å². The van der Waals surface area contributed by atoms with Crippen molar-refractivity contribution in [3.63, 3.8) is 0 Å². The third-order valence-corrected chi connectivity index (χ3v) is 4.01. The van der Waals surface area contributed by atoms with Crippen LogP contribution < -0.4 is 10.1 Å². The number of rotatable bonds is 9. The van der Waals surface area contributed by atoms with Crippen molar-refractivity contribution in [3.8, 4) is 5.75 Å². The molecule has 0 bridgehead atoms. The second-order valence-electron chi connectivity index (χ2n) is 6.06. The lowest BCUT2D eigenvalue weighted by molar-refractivity contribution is -0.137. The second-order valence-corrected chi connectivity index (χ2v) is 6.46. The number of benzene rings is 2. The molecule has 2 aromatic rings. The van der Waals surface area contributed by atoms with Gasteiger partial charge in [0, 0.05) is 6.42 Å². The van der Waals surface area contributed by atoms with E-state index < -0.39 is 18.7 Å². The van der Waals surface area contributed by atoms with E-state index in [1.807, 2.05) is 42.5 Å². The van der Waals surface area contributed by atoms with Crippen molar-refractivity contribution in [1.29, 1.82) is 0 Å². The van der Waals surface area contributed by atoms with Crippen LogP contribution in [0.25, 0.3) is 0 Å². The SMILES string of the molecule is O=C(NCCOc1ccc(Cc2ccccc2)cc1Cl)OCCCC(F)(F)F. The number of amides is 1. The Labute approximate surface area is 166 Å². The highest BCUT2D eigenvalue weighted by molar-refractivity contribution is 6.32. The van der Waals surface area contributed by atoms with Crippen molar-refractivity contribution in [2.75, 3.05) is 19.8 Å². The van der Waals surface area contributed by atoms with E-state index in [9.17, 15) is 18.0 Å². The molecule has 4 nitrogen and oxygen atoms in total. The van der Waals surface area contributed by atoms with Crippen LogP contribution in [-0.2, 0) is 11.2 Å². The molecule has 0 heterocycles. The van der Waals surface area contributed by atoms with Gasteiger partial charge in [0.2, 0.25) is 0 Å². The van der Waals surface area contributed by atoms with Crippen molar-refractivity contribution in [1.82, 2.24) is 5.32 Å². The van der Waals surface area contributed by atoms with Crippen molar-refractivity contribution in [2.45, 2.75) is 25.4 Å². The van der Waals surface area contributed by atoms with E-state index >= 15 is 0 Å². The number of nitrogens with one attached hydrogen (secondary N) is 1. The lowest BCUT2D eigenvalue weighted by Crippen LogP contribution is -2.29. The molecule has 2 rings (SSSR count). The summed E-state index contributed by atoms with van der Waals surface area (Å²) in [4.78, 5) is 11.4. The largest absolute Gasteiger partial charge is 0.490 e. The zero-order chi connectivity index (χ0) is 20.4. The van der Waals surface area contributed by atoms with Crippen molar-refractivity contribution in [3.05, 3.63) is 64.7 Å². The molecule has 1 amide bonds. The number of alkyl carbamates (subject to hydrolysis) is 1. The molecule has 0 unspecified atom stereocenters. The summed E-state index contributed by atoms with van der Waals surface area (Å²) in [5, 5.41) is 2.86. The highest BCUT2D eigenvalue weighted by Crippen LogP contribution is 2.26. The van der Waals surface area contributed by atoms with Gasteiger partial charge < -0.3 is 14.8 Å². The van der Waals surface area contributed by atoms with Crippen LogP contribution in [0.4, 0.5) is 18.0 Å². The minimum Gasteiger partial charge on any atom is -0.490 e. The third kappa shape index (κ3) is 8.52. The van der Waals surface area contributed by atoms with Crippen LogP contribution in [-0.4, -0.2) is 32.0 Å². The fraction of sp³-hybridized carbons (Fsp3) is 0.350. The Bertz CT molecular complexity index is 754. The van der Waals surface area contributed by atoms with Gasteiger partial charge >= 0.3 is 12.3 Å². The zero-order valence-electron chi connectivity index (χ0n) is 15.1. The number of carbonyl (C=O) groups excluding carboxylic acids is 1. The van der Waals surface area contributed by atoms with Gasteiger partial charge in [-0.1, -0.05) is 48.0 Å². The lowest BCUT2D eigenvalue weighted by Gasteiger charge is -2.11. The second kappa shape index (κ2) is 10.8. The maximum absolute atomic E-state index is 12.0. The summed E-state index contributed by atoms with van der Waals surface area (Å²) in [5.74, 6) is 0.485. The van der Waals surface area contributed by atoms with Crippen molar-refractivity contribution < 1.29 is 27.4 Å². The third-order valence-electron chi connectivity index (χ3n) is 3.71.